The summed E-state index contributed by atoms with van der Waals surface area (Å²) in [6.07, 6.45) is 1.70. The summed E-state index contributed by atoms with van der Waals surface area (Å²) < 4.78 is 27.1. The van der Waals surface area contributed by atoms with Gasteiger partial charge in [0, 0.05) is 24.0 Å². The van der Waals surface area contributed by atoms with Crippen molar-refractivity contribution in [2.45, 2.75) is 25.2 Å². The first-order valence-electron chi connectivity index (χ1n) is 8.15. The molecular weight excluding hydrogens is 352 g/mol. The normalized spacial score (nSPS) is 11.6. The van der Waals surface area contributed by atoms with Crippen molar-refractivity contribution in [3.63, 3.8) is 0 Å². The minimum atomic E-state index is -3.63. The lowest BCUT2D eigenvalue weighted by molar-refractivity contribution is -0.116. The highest BCUT2D eigenvalue weighted by Gasteiger charge is 2.15. The molecule has 0 saturated heterocycles. The van der Waals surface area contributed by atoms with Gasteiger partial charge in [-0.3, -0.25) is 9.89 Å². The number of rotatable bonds is 6. The van der Waals surface area contributed by atoms with Crippen LogP contribution in [0.4, 0.5) is 5.69 Å². The number of sulfonamides is 1. The van der Waals surface area contributed by atoms with E-state index in [0.717, 1.165) is 22.0 Å². The molecule has 26 heavy (non-hydrogen) atoms. The number of nitrogens with zero attached hydrogens (tertiary/aromatic N) is 1. The van der Waals surface area contributed by atoms with Gasteiger partial charge in [0.2, 0.25) is 15.9 Å². The van der Waals surface area contributed by atoms with Crippen molar-refractivity contribution in [1.82, 2.24) is 14.9 Å². The number of carbonyl (C=O) groups is 1. The molecule has 2 aromatic carbocycles. The maximum atomic E-state index is 12.3. The number of anilines is 1. The average Bonchev–Trinajstić information content (AvgIpc) is 3.04. The Bertz CT molecular complexity index is 1060. The van der Waals surface area contributed by atoms with Crippen LogP contribution in [0.1, 0.15) is 17.5 Å². The molecule has 3 N–H and O–H groups in total. The highest BCUT2D eigenvalue weighted by Crippen LogP contribution is 2.17. The molecule has 3 aromatic rings. The predicted octanol–water partition coefficient (Wildman–Crippen LogP) is 2.49. The Kier molecular flexibility index (Phi) is 5.06. The lowest BCUT2D eigenvalue weighted by Gasteiger charge is -2.09. The Labute approximate surface area is 151 Å². The zero-order valence-corrected chi connectivity index (χ0v) is 15.4. The number of aromatic nitrogens is 2. The van der Waals surface area contributed by atoms with Crippen molar-refractivity contribution in [3.8, 4) is 0 Å². The first kappa shape index (κ1) is 18.1. The fraction of sp³-hybridized carbons (Fsp3) is 0.222. The molecule has 0 aliphatic heterocycles. The van der Waals surface area contributed by atoms with Crippen LogP contribution in [-0.4, -0.2) is 31.1 Å². The summed E-state index contributed by atoms with van der Waals surface area (Å²) in [5.74, 6) is -0.268. The lowest BCUT2D eigenvalue weighted by Crippen LogP contribution is -2.28. The summed E-state index contributed by atoms with van der Waals surface area (Å²) in [7, 11) is -3.63. The highest BCUT2D eigenvalue weighted by molar-refractivity contribution is 7.89. The number of hydrogen-bond acceptors (Lipinski definition) is 4. The highest BCUT2D eigenvalue weighted by atomic mass is 32.2. The lowest BCUT2D eigenvalue weighted by atomic mass is 10.1. The molecule has 1 aromatic heterocycles. The third kappa shape index (κ3) is 4.09. The van der Waals surface area contributed by atoms with Gasteiger partial charge in [0.05, 0.1) is 16.6 Å². The second-order valence-corrected chi connectivity index (χ2v) is 7.88. The Hall–Kier alpha value is -2.71. The summed E-state index contributed by atoms with van der Waals surface area (Å²) in [5.41, 5.74) is 3.45. The van der Waals surface area contributed by atoms with E-state index in [-0.39, 0.29) is 23.8 Å². The van der Waals surface area contributed by atoms with Crippen LogP contribution in [0.2, 0.25) is 0 Å². The predicted molar refractivity (Wildman–Crippen MR) is 100 cm³/mol. The molecule has 0 saturated carbocycles. The smallest absolute Gasteiger partial charge is 0.240 e. The fourth-order valence-corrected chi connectivity index (χ4v) is 3.62. The molecule has 0 atom stereocenters. The molecule has 1 amide bonds. The van der Waals surface area contributed by atoms with E-state index < -0.39 is 10.0 Å². The van der Waals surface area contributed by atoms with Crippen molar-refractivity contribution in [2.24, 2.45) is 0 Å². The van der Waals surface area contributed by atoms with E-state index in [0.29, 0.717) is 5.69 Å². The number of hydrogen-bond donors (Lipinski definition) is 3. The second-order valence-electron chi connectivity index (χ2n) is 6.11. The van der Waals surface area contributed by atoms with Crippen LogP contribution in [0.5, 0.6) is 0 Å². The summed E-state index contributed by atoms with van der Waals surface area (Å²) in [5, 5.41) is 10.4. The van der Waals surface area contributed by atoms with Crippen molar-refractivity contribution in [1.29, 1.82) is 0 Å². The van der Waals surface area contributed by atoms with Gasteiger partial charge in [0.25, 0.3) is 0 Å². The van der Waals surface area contributed by atoms with Crippen LogP contribution in [0.15, 0.2) is 47.5 Å². The zero-order chi connectivity index (χ0) is 18.7. The van der Waals surface area contributed by atoms with Crippen LogP contribution in [0, 0.1) is 13.8 Å². The number of benzene rings is 2. The van der Waals surface area contributed by atoms with E-state index >= 15 is 0 Å². The molecule has 0 aliphatic carbocycles. The number of fused-ring (bicyclic) bond motifs is 1. The third-order valence-corrected chi connectivity index (χ3v) is 5.62. The molecule has 0 fully saturated rings. The Morgan fingerprint density at radius 3 is 2.69 bits per heavy atom. The van der Waals surface area contributed by atoms with Crippen molar-refractivity contribution in [3.05, 3.63) is 53.7 Å². The number of nitrogens with one attached hydrogen (secondary N) is 3. The summed E-state index contributed by atoms with van der Waals surface area (Å²) in [6.45, 7) is 3.80. The first-order chi connectivity index (χ1) is 12.3. The van der Waals surface area contributed by atoms with Crippen molar-refractivity contribution >= 4 is 32.5 Å². The van der Waals surface area contributed by atoms with Crippen LogP contribution in [0.3, 0.4) is 0 Å². The van der Waals surface area contributed by atoms with Gasteiger partial charge in [0.1, 0.15) is 0 Å². The van der Waals surface area contributed by atoms with Crippen LogP contribution in [-0.2, 0) is 14.8 Å². The number of H-pyrrole nitrogens is 1. The van der Waals surface area contributed by atoms with Gasteiger partial charge in [-0.2, -0.15) is 5.10 Å². The Morgan fingerprint density at radius 1 is 1.12 bits per heavy atom. The summed E-state index contributed by atoms with van der Waals surface area (Å²) >= 11 is 0. The van der Waals surface area contributed by atoms with E-state index in [1.807, 2.05) is 19.9 Å². The first-order valence-corrected chi connectivity index (χ1v) is 9.63. The largest absolute Gasteiger partial charge is 0.326 e. The van der Waals surface area contributed by atoms with Crippen molar-refractivity contribution in [2.75, 3.05) is 11.9 Å². The minimum Gasteiger partial charge on any atom is -0.326 e. The van der Waals surface area contributed by atoms with E-state index in [1.165, 1.54) is 0 Å². The molecule has 8 heteroatoms. The summed E-state index contributed by atoms with van der Waals surface area (Å²) in [4.78, 5) is 12.2. The molecule has 3 rings (SSSR count). The summed E-state index contributed by atoms with van der Waals surface area (Å²) in [6, 6.07) is 10.3. The minimum absolute atomic E-state index is 0.0229. The topological polar surface area (TPSA) is 104 Å². The number of aromatic amines is 1. The molecule has 7 nitrogen and oxygen atoms in total. The maximum Gasteiger partial charge on any atom is 0.240 e. The molecule has 0 radical (unpaired) electrons. The van der Waals surface area contributed by atoms with Crippen LogP contribution in [0.25, 0.3) is 10.9 Å². The standard InChI is InChI=1S/C18H20N4O3S/c1-12-3-5-16(9-13(12)2)26(24,25)20-8-7-18(23)21-15-4-6-17-14(10-15)11-19-22-17/h3-6,9-11,20H,7-8H2,1-2H3,(H,19,22)(H,21,23). The molecule has 0 bridgehead atoms. The van der Waals surface area contributed by atoms with E-state index in [4.69, 9.17) is 0 Å². The number of aryl methyl sites for hydroxylation is 2. The van der Waals surface area contributed by atoms with E-state index in [2.05, 4.69) is 20.2 Å². The van der Waals surface area contributed by atoms with Gasteiger partial charge < -0.3 is 5.32 Å². The van der Waals surface area contributed by atoms with Gasteiger partial charge in [-0.1, -0.05) is 6.07 Å². The molecular formula is C18H20N4O3S. The van der Waals surface area contributed by atoms with Gasteiger partial charge in [-0.25, -0.2) is 13.1 Å². The monoisotopic (exact) mass is 372 g/mol. The Morgan fingerprint density at radius 2 is 1.92 bits per heavy atom. The molecule has 0 spiro atoms. The van der Waals surface area contributed by atoms with Crippen LogP contribution < -0.4 is 10.0 Å². The quantitative estimate of drug-likeness (QED) is 0.618. The Balaban J connectivity index is 1.56. The third-order valence-electron chi connectivity index (χ3n) is 4.16. The van der Waals surface area contributed by atoms with E-state index in [1.54, 1.807) is 36.5 Å². The molecule has 1 heterocycles. The molecule has 0 aliphatic rings. The maximum absolute atomic E-state index is 12.3. The van der Waals surface area contributed by atoms with E-state index in [9.17, 15) is 13.2 Å². The number of amides is 1. The zero-order valence-electron chi connectivity index (χ0n) is 14.5. The fourth-order valence-electron chi connectivity index (χ4n) is 2.51. The number of carbonyl (C=O) groups excluding carboxylic acids is 1. The van der Waals surface area contributed by atoms with Crippen LogP contribution >= 0.6 is 0 Å². The van der Waals surface area contributed by atoms with Gasteiger partial charge in [0.15, 0.2) is 0 Å². The van der Waals surface area contributed by atoms with Crippen molar-refractivity contribution < 1.29 is 13.2 Å². The molecule has 0 unspecified atom stereocenters. The van der Waals surface area contributed by atoms with Gasteiger partial charge in [-0.15, -0.1) is 0 Å². The average molecular weight is 372 g/mol. The second kappa shape index (κ2) is 7.27. The SMILES string of the molecule is Cc1ccc(S(=O)(=O)NCCC(=O)Nc2ccc3[nH]ncc3c2)cc1C. The van der Waals surface area contributed by atoms with Gasteiger partial charge in [-0.05, 0) is 55.3 Å². The molecule has 136 valence electrons. The van der Waals surface area contributed by atoms with Gasteiger partial charge >= 0.3 is 0 Å².